The Bertz CT molecular complexity index is 415. The number of hydrogen-bond donors (Lipinski definition) is 3. The van der Waals surface area contributed by atoms with Crippen molar-refractivity contribution in [1.29, 1.82) is 0 Å². The van der Waals surface area contributed by atoms with Gasteiger partial charge in [0.05, 0.1) is 13.2 Å². The molecule has 0 aromatic carbocycles. The highest BCUT2D eigenvalue weighted by atomic mass is 16.6. The lowest BCUT2D eigenvalue weighted by Crippen LogP contribution is -2.55. The number of rotatable bonds is 20. The Hall–Kier alpha value is -0.460. The second kappa shape index (κ2) is 20.2. The van der Waals surface area contributed by atoms with E-state index in [2.05, 4.69) is 19.1 Å². The Kier molecular flexibility index (Phi) is 18.6. The van der Waals surface area contributed by atoms with E-state index in [1.807, 2.05) is 0 Å². The summed E-state index contributed by atoms with van der Waals surface area (Å²) in [4.78, 5) is 0. The van der Waals surface area contributed by atoms with E-state index in [1.165, 1.54) is 89.9 Å². The third-order valence-electron chi connectivity index (χ3n) is 6.35. The van der Waals surface area contributed by atoms with Crippen LogP contribution in [-0.2, 0) is 9.47 Å². The standard InChI is InChI=1S/C26H50O5/c1-2-3-4-5-6-7-8-9-10-11-12-13-14-15-16-17-18-19-20-30-24-22-31-23(21-27)25(28)26(24)29/h2-3,23-29H,4-22H2,1H3/b3-2+/t23-,24+,25-,26-/m0/s1. The van der Waals surface area contributed by atoms with Crippen molar-refractivity contribution < 1.29 is 24.8 Å². The van der Waals surface area contributed by atoms with Crippen molar-refractivity contribution in [1.82, 2.24) is 0 Å². The zero-order chi connectivity index (χ0) is 22.6. The van der Waals surface area contributed by atoms with Crippen molar-refractivity contribution in [2.75, 3.05) is 19.8 Å². The molecular weight excluding hydrogens is 392 g/mol. The molecule has 5 nitrogen and oxygen atoms in total. The summed E-state index contributed by atoms with van der Waals surface area (Å²) in [5, 5.41) is 28.9. The summed E-state index contributed by atoms with van der Waals surface area (Å²) in [5.41, 5.74) is 0. The van der Waals surface area contributed by atoms with Crippen LogP contribution in [0, 0.1) is 0 Å². The van der Waals surface area contributed by atoms with Crippen LogP contribution in [0.3, 0.4) is 0 Å². The quantitative estimate of drug-likeness (QED) is 0.176. The van der Waals surface area contributed by atoms with Gasteiger partial charge in [-0.2, -0.15) is 0 Å². The number of aliphatic hydroxyl groups excluding tert-OH is 3. The molecule has 0 aliphatic carbocycles. The first-order valence-electron chi connectivity index (χ1n) is 13.0. The van der Waals surface area contributed by atoms with Gasteiger partial charge in [0.25, 0.3) is 0 Å². The molecule has 0 aromatic heterocycles. The van der Waals surface area contributed by atoms with Gasteiger partial charge in [0.2, 0.25) is 0 Å². The molecule has 0 spiro atoms. The maximum absolute atomic E-state index is 10.0. The van der Waals surface area contributed by atoms with E-state index in [4.69, 9.17) is 14.6 Å². The first kappa shape index (κ1) is 28.6. The average molecular weight is 443 g/mol. The highest BCUT2D eigenvalue weighted by Crippen LogP contribution is 2.18. The molecule has 4 atom stereocenters. The number of aliphatic hydroxyl groups is 3. The SMILES string of the molecule is C/C=C/CCCCCCCCCCCCCCCCCO[C@@H]1CO[C@@H](CO)[C@H](O)[C@H]1O. The van der Waals surface area contributed by atoms with Crippen LogP contribution in [0.25, 0.3) is 0 Å². The normalized spacial score (nSPS) is 24.3. The van der Waals surface area contributed by atoms with Gasteiger partial charge in [0.15, 0.2) is 0 Å². The molecule has 1 fully saturated rings. The topological polar surface area (TPSA) is 79.2 Å². The lowest BCUT2D eigenvalue weighted by atomic mass is 10.0. The van der Waals surface area contributed by atoms with Gasteiger partial charge in [-0.3, -0.25) is 0 Å². The molecular formula is C26H50O5. The zero-order valence-electron chi connectivity index (χ0n) is 20.1. The molecule has 0 aromatic rings. The Labute approximate surface area is 191 Å². The van der Waals surface area contributed by atoms with Crippen LogP contribution in [-0.4, -0.2) is 59.6 Å². The van der Waals surface area contributed by atoms with E-state index >= 15 is 0 Å². The Morgan fingerprint density at radius 3 is 1.71 bits per heavy atom. The third-order valence-corrected chi connectivity index (χ3v) is 6.35. The highest BCUT2D eigenvalue weighted by molar-refractivity contribution is 4.87. The fraction of sp³-hybridized carbons (Fsp3) is 0.923. The lowest BCUT2D eigenvalue weighted by Gasteiger charge is -2.36. The van der Waals surface area contributed by atoms with Crippen molar-refractivity contribution in [3.63, 3.8) is 0 Å². The summed E-state index contributed by atoms with van der Waals surface area (Å²) < 4.78 is 11.0. The largest absolute Gasteiger partial charge is 0.394 e. The molecule has 0 bridgehead atoms. The Morgan fingerprint density at radius 2 is 1.23 bits per heavy atom. The number of ether oxygens (including phenoxy) is 2. The van der Waals surface area contributed by atoms with Crippen LogP contribution in [0.1, 0.15) is 110 Å². The molecule has 0 amide bonds. The molecule has 1 rings (SSSR count). The molecule has 31 heavy (non-hydrogen) atoms. The van der Waals surface area contributed by atoms with Crippen molar-refractivity contribution in [3.8, 4) is 0 Å². The Balaban J connectivity index is 1.77. The highest BCUT2D eigenvalue weighted by Gasteiger charge is 2.38. The molecule has 1 aliphatic rings. The van der Waals surface area contributed by atoms with Gasteiger partial charge < -0.3 is 24.8 Å². The second-order valence-corrected chi connectivity index (χ2v) is 9.11. The molecule has 1 aliphatic heterocycles. The fourth-order valence-corrected chi connectivity index (χ4v) is 4.23. The van der Waals surface area contributed by atoms with Gasteiger partial charge in [0.1, 0.15) is 24.4 Å². The summed E-state index contributed by atoms with van der Waals surface area (Å²) in [6.45, 7) is 2.61. The van der Waals surface area contributed by atoms with E-state index in [1.54, 1.807) is 0 Å². The van der Waals surface area contributed by atoms with Crippen molar-refractivity contribution in [2.24, 2.45) is 0 Å². The van der Waals surface area contributed by atoms with Crippen LogP contribution in [0.5, 0.6) is 0 Å². The minimum atomic E-state index is -1.08. The van der Waals surface area contributed by atoms with Crippen molar-refractivity contribution in [2.45, 2.75) is 134 Å². The fourth-order valence-electron chi connectivity index (χ4n) is 4.23. The lowest BCUT2D eigenvalue weighted by molar-refractivity contribution is -0.208. The predicted molar refractivity (Wildman–Crippen MR) is 127 cm³/mol. The van der Waals surface area contributed by atoms with Gasteiger partial charge in [-0.15, -0.1) is 0 Å². The second-order valence-electron chi connectivity index (χ2n) is 9.11. The molecule has 0 saturated carbocycles. The van der Waals surface area contributed by atoms with E-state index in [-0.39, 0.29) is 13.2 Å². The van der Waals surface area contributed by atoms with E-state index in [9.17, 15) is 10.2 Å². The van der Waals surface area contributed by atoms with Gasteiger partial charge in [-0.1, -0.05) is 95.6 Å². The van der Waals surface area contributed by atoms with Gasteiger partial charge in [0, 0.05) is 6.61 Å². The van der Waals surface area contributed by atoms with Gasteiger partial charge in [-0.05, 0) is 26.2 Å². The molecule has 184 valence electrons. The summed E-state index contributed by atoms with van der Waals surface area (Å²) in [6, 6.07) is 0. The molecule has 0 radical (unpaired) electrons. The van der Waals surface area contributed by atoms with Gasteiger partial charge >= 0.3 is 0 Å². The van der Waals surface area contributed by atoms with E-state index in [0.29, 0.717) is 6.61 Å². The number of allylic oxidation sites excluding steroid dienone is 2. The Morgan fingerprint density at radius 1 is 0.742 bits per heavy atom. The molecule has 0 unspecified atom stereocenters. The van der Waals surface area contributed by atoms with Crippen LogP contribution < -0.4 is 0 Å². The molecule has 5 heteroatoms. The van der Waals surface area contributed by atoms with Crippen molar-refractivity contribution in [3.05, 3.63) is 12.2 Å². The molecule has 1 heterocycles. The van der Waals surface area contributed by atoms with Gasteiger partial charge in [-0.25, -0.2) is 0 Å². The van der Waals surface area contributed by atoms with E-state index in [0.717, 1.165) is 12.8 Å². The average Bonchev–Trinajstić information content (AvgIpc) is 2.78. The number of hydrogen-bond acceptors (Lipinski definition) is 5. The summed E-state index contributed by atoms with van der Waals surface area (Å²) >= 11 is 0. The van der Waals surface area contributed by atoms with Crippen LogP contribution in [0.4, 0.5) is 0 Å². The van der Waals surface area contributed by atoms with Crippen LogP contribution in [0.2, 0.25) is 0 Å². The first-order chi connectivity index (χ1) is 15.2. The predicted octanol–water partition coefficient (Wildman–Crippen LogP) is 5.30. The summed E-state index contributed by atoms with van der Waals surface area (Å²) in [6.07, 6.45) is 22.3. The minimum Gasteiger partial charge on any atom is -0.394 e. The van der Waals surface area contributed by atoms with Crippen LogP contribution >= 0.6 is 0 Å². The first-order valence-corrected chi connectivity index (χ1v) is 13.0. The monoisotopic (exact) mass is 442 g/mol. The zero-order valence-corrected chi connectivity index (χ0v) is 20.1. The molecule has 3 N–H and O–H groups in total. The summed E-state index contributed by atoms with van der Waals surface area (Å²) in [7, 11) is 0. The van der Waals surface area contributed by atoms with Crippen molar-refractivity contribution >= 4 is 0 Å². The minimum absolute atomic E-state index is 0.223. The smallest absolute Gasteiger partial charge is 0.111 e. The molecule has 1 saturated heterocycles. The van der Waals surface area contributed by atoms with E-state index < -0.39 is 24.4 Å². The maximum atomic E-state index is 10.0. The third kappa shape index (κ3) is 14.3. The maximum Gasteiger partial charge on any atom is 0.111 e. The number of unbranched alkanes of at least 4 members (excludes halogenated alkanes) is 15. The summed E-state index contributed by atoms with van der Waals surface area (Å²) in [5.74, 6) is 0. The van der Waals surface area contributed by atoms with Crippen LogP contribution in [0.15, 0.2) is 12.2 Å².